The number of carbonyl (C=O) groups is 1. The van der Waals surface area contributed by atoms with Crippen LogP contribution in [0.2, 0.25) is 0 Å². The lowest BCUT2D eigenvalue weighted by atomic mass is 9.79. The van der Waals surface area contributed by atoms with Crippen LogP contribution in [0.25, 0.3) is 10.6 Å². The van der Waals surface area contributed by atoms with Gasteiger partial charge >= 0.3 is 0 Å². The minimum absolute atomic E-state index is 0.0128. The normalized spacial score (nSPS) is 17.0. The van der Waals surface area contributed by atoms with E-state index in [4.69, 9.17) is 10.5 Å². The van der Waals surface area contributed by atoms with Crippen LogP contribution < -0.4 is 11.1 Å². The van der Waals surface area contributed by atoms with Gasteiger partial charge in [0.2, 0.25) is 5.91 Å². The first-order valence-electron chi connectivity index (χ1n) is 7.75. The average Bonchev–Trinajstić information content (AvgIpc) is 3.02. The molecule has 1 aromatic carbocycles. The summed E-state index contributed by atoms with van der Waals surface area (Å²) in [5, 5.41) is 6.01. The number of aromatic nitrogens is 1. The fourth-order valence-electron chi connectivity index (χ4n) is 2.73. The fourth-order valence-corrected chi connectivity index (χ4v) is 3.54. The summed E-state index contributed by atoms with van der Waals surface area (Å²) in [6.07, 6.45) is 1.34. The van der Waals surface area contributed by atoms with Crippen molar-refractivity contribution in [1.29, 1.82) is 0 Å². The zero-order valence-electron chi connectivity index (χ0n) is 13.2. The first-order valence-corrected chi connectivity index (χ1v) is 8.63. The Hall–Kier alpha value is -1.76. The van der Waals surface area contributed by atoms with Crippen molar-refractivity contribution in [3.8, 4) is 10.6 Å². The maximum absolute atomic E-state index is 12.6. The summed E-state index contributed by atoms with van der Waals surface area (Å²) in [5.41, 5.74) is 8.22. The lowest BCUT2D eigenvalue weighted by Gasteiger charge is -2.34. The highest BCUT2D eigenvalue weighted by Crippen LogP contribution is 2.31. The summed E-state index contributed by atoms with van der Waals surface area (Å²) < 4.78 is 5.35. The molecule has 122 valence electrons. The van der Waals surface area contributed by atoms with E-state index >= 15 is 0 Å². The molecule has 0 saturated carbocycles. The van der Waals surface area contributed by atoms with Crippen LogP contribution in [-0.2, 0) is 9.53 Å². The second-order valence-corrected chi connectivity index (χ2v) is 6.78. The zero-order valence-corrected chi connectivity index (χ0v) is 14.0. The monoisotopic (exact) mass is 331 g/mol. The number of rotatable bonds is 4. The Bertz CT molecular complexity index is 675. The van der Waals surface area contributed by atoms with Crippen LogP contribution in [0.3, 0.4) is 0 Å². The van der Waals surface area contributed by atoms with Gasteiger partial charge in [0, 0.05) is 42.1 Å². The molecule has 0 unspecified atom stereocenters. The van der Waals surface area contributed by atoms with Crippen molar-refractivity contribution in [2.24, 2.45) is 11.1 Å². The van der Waals surface area contributed by atoms with Gasteiger partial charge in [-0.3, -0.25) is 4.79 Å². The molecule has 1 aromatic heterocycles. The van der Waals surface area contributed by atoms with Gasteiger partial charge in [0.1, 0.15) is 5.01 Å². The second kappa shape index (κ2) is 6.78. The summed E-state index contributed by atoms with van der Waals surface area (Å²) in [6, 6.07) is 7.78. The molecule has 0 atom stereocenters. The van der Waals surface area contributed by atoms with Gasteiger partial charge in [-0.25, -0.2) is 4.98 Å². The SMILES string of the molecule is Cc1csc(-c2ccc(NC(=O)C3(CN)CCOCC3)cc2)n1. The molecule has 1 aliphatic heterocycles. The number of nitrogens with two attached hydrogens (primary N) is 1. The Labute approximate surface area is 139 Å². The molecular formula is C17H21N3O2S. The van der Waals surface area contributed by atoms with E-state index in [1.54, 1.807) is 11.3 Å². The zero-order chi connectivity index (χ0) is 16.3. The molecule has 1 amide bonds. The molecule has 3 rings (SSSR count). The number of nitrogens with one attached hydrogen (secondary N) is 1. The maximum atomic E-state index is 12.6. The fraction of sp³-hybridized carbons (Fsp3) is 0.412. The number of aryl methyl sites for hydroxylation is 1. The third-order valence-electron chi connectivity index (χ3n) is 4.33. The molecule has 0 aliphatic carbocycles. The van der Waals surface area contributed by atoms with Crippen molar-refractivity contribution < 1.29 is 9.53 Å². The summed E-state index contributed by atoms with van der Waals surface area (Å²) in [7, 11) is 0. The summed E-state index contributed by atoms with van der Waals surface area (Å²) >= 11 is 1.62. The molecular weight excluding hydrogens is 310 g/mol. The van der Waals surface area contributed by atoms with E-state index < -0.39 is 5.41 Å². The number of hydrogen-bond acceptors (Lipinski definition) is 5. The highest BCUT2D eigenvalue weighted by atomic mass is 32.1. The van der Waals surface area contributed by atoms with E-state index in [-0.39, 0.29) is 5.91 Å². The predicted molar refractivity (Wildman–Crippen MR) is 92.5 cm³/mol. The molecule has 3 N–H and O–H groups in total. The van der Waals surface area contributed by atoms with Gasteiger partial charge in [0.05, 0.1) is 5.41 Å². The Kier molecular flexibility index (Phi) is 4.75. The van der Waals surface area contributed by atoms with Crippen molar-refractivity contribution in [1.82, 2.24) is 4.98 Å². The van der Waals surface area contributed by atoms with Crippen molar-refractivity contribution in [3.63, 3.8) is 0 Å². The van der Waals surface area contributed by atoms with E-state index in [0.717, 1.165) is 22.0 Å². The van der Waals surface area contributed by atoms with Gasteiger partial charge in [-0.2, -0.15) is 0 Å². The van der Waals surface area contributed by atoms with Gasteiger partial charge in [-0.1, -0.05) is 0 Å². The van der Waals surface area contributed by atoms with Gasteiger partial charge < -0.3 is 15.8 Å². The van der Waals surface area contributed by atoms with Crippen LogP contribution in [-0.4, -0.2) is 30.6 Å². The van der Waals surface area contributed by atoms with Crippen molar-refractivity contribution in [2.45, 2.75) is 19.8 Å². The molecule has 1 fully saturated rings. The standard InChI is InChI=1S/C17H21N3O2S/c1-12-10-23-15(19-12)13-2-4-14(5-3-13)20-16(21)17(11-18)6-8-22-9-7-17/h2-5,10H,6-9,11,18H2,1H3,(H,20,21). The number of nitrogens with zero attached hydrogens (tertiary/aromatic N) is 1. The minimum atomic E-state index is -0.511. The topological polar surface area (TPSA) is 77.2 Å². The van der Waals surface area contributed by atoms with Gasteiger partial charge in [-0.05, 0) is 44.0 Å². The van der Waals surface area contributed by atoms with Gasteiger partial charge in [0.15, 0.2) is 0 Å². The smallest absolute Gasteiger partial charge is 0.232 e. The summed E-state index contributed by atoms with van der Waals surface area (Å²) in [4.78, 5) is 17.1. The number of anilines is 1. The van der Waals surface area contributed by atoms with E-state index in [2.05, 4.69) is 10.3 Å². The number of amides is 1. The Morgan fingerprint density at radius 3 is 2.61 bits per heavy atom. The maximum Gasteiger partial charge on any atom is 0.232 e. The Morgan fingerprint density at radius 2 is 2.04 bits per heavy atom. The largest absolute Gasteiger partial charge is 0.381 e. The molecule has 6 heteroatoms. The lowest BCUT2D eigenvalue weighted by Crippen LogP contribution is -2.46. The van der Waals surface area contributed by atoms with E-state index in [1.807, 2.05) is 36.6 Å². The molecule has 2 aromatic rings. The van der Waals surface area contributed by atoms with E-state index in [9.17, 15) is 4.79 Å². The quantitative estimate of drug-likeness (QED) is 0.903. The highest BCUT2D eigenvalue weighted by Gasteiger charge is 2.38. The third kappa shape index (κ3) is 3.44. The van der Waals surface area contributed by atoms with Crippen molar-refractivity contribution >= 4 is 22.9 Å². The number of thiazole rings is 1. The first-order chi connectivity index (χ1) is 11.1. The van der Waals surface area contributed by atoms with Crippen molar-refractivity contribution in [2.75, 3.05) is 25.1 Å². The number of hydrogen-bond donors (Lipinski definition) is 2. The number of ether oxygens (including phenoxy) is 1. The summed E-state index contributed by atoms with van der Waals surface area (Å²) in [5.74, 6) is -0.0128. The second-order valence-electron chi connectivity index (χ2n) is 5.92. The van der Waals surface area contributed by atoms with E-state index in [1.165, 1.54) is 0 Å². The lowest BCUT2D eigenvalue weighted by molar-refractivity contribution is -0.130. The van der Waals surface area contributed by atoms with Gasteiger partial charge in [0.25, 0.3) is 0 Å². The molecule has 0 radical (unpaired) electrons. The summed E-state index contributed by atoms with van der Waals surface area (Å²) in [6.45, 7) is 3.51. The van der Waals surface area contributed by atoms with Crippen LogP contribution in [0, 0.1) is 12.3 Å². The average molecular weight is 331 g/mol. The highest BCUT2D eigenvalue weighted by molar-refractivity contribution is 7.13. The molecule has 0 spiro atoms. The molecule has 2 heterocycles. The number of benzene rings is 1. The Balaban J connectivity index is 1.71. The minimum Gasteiger partial charge on any atom is -0.381 e. The molecule has 5 nitrogen and oxygen atoms in total. The third-order valence-corrected chi connectivity index (χ3v) is 5.34. The number of carbonyl (C=O) groups excluding carboxylic acids is 1. The van der Waals surface area contributed by atoms with E-state index in [0.29, 0.717) is 32.6 Å². The van der Waals surface area contributed by atoms with Crippen LogP contribution in [0.1, 0.15) is 18.5 Å². The Morgan fingerprint density at radius 1 is 1.35 bits per heavy atom. The van der Waals surface area contributed by atoms with Gasteiger partial charge in [-0.15, -0.1) is 11.3 Å². The molecule has 1 aliphatic rings. The molecule has 23 heavy (non-hydrogen) atoms. The molecule has 1 saturated heterocycles. The van der Waals surface area contributed by atoms with Crippen LogP contribution in [0.15, 0.2) is 29.6 Å². The first kappa shape index (κ1) is 16.1. The predicted octanol–water partition coefficient (Wildman–Crippen LogP) is 2.81. The van der Waals surface area contributed by atoms with Crippen LogP contribution in [0.5, 0.6) is 0 Å². The van der Waals surface area contributed by atoms with Crippen molar-refractivity contribution in [3.05, 3.63) is 35.3 Å². The van der Waals surface area contributed by atoms with Crippen LogP contribution >= 0.6 is 11.3 Å². The van der Waals surface area contributed by atoms with Crippen LogP contribution in [0.4, 0.5) is 5.69 Å². The molecule has 0 bridgehead atoms.